The largest absolute Gasteiger partial charge is 0.490 e. The second-order valence-electron chi connectivity index (χ2n) is 6.64. The zero-order valence-electron chi connectivity index (χ0n) is 15.7. The Balaban J connectivity index is 0.000000318. The van der Waals surface area contributed by atoms with Gasteiger partial charge in [0.15, 0.2) is 0 Å². The molecule has 2 saturated heterocycles. The van der Waals surface area contributed by atoms with Crippen molar-refractivity contribution < 1.29 is 32.6 Å². The molecule has 2 aliphatic rings. The predicted molar refractivity (Wildman–Crippen MR) is 101 cm³/mol. The Morgan fingerprint density at radius 2 is 2.07 bits per heavy atom. The molecule has 2 fully saturated rings. The molecule has 4 rings (SSSR count). The van der Waals surface area contributed by atoms with Crippen LogP contribution in [0.5, 0.6) is 0 Å². The molecule has 0 unspecified atom stereocenters. The van der Waals surface area contributed by atoms with Crippen LogP contribution in [0.25, 0.3) is 0 Å². The molecule has 8 nitrogen and oxygen atoms in total. The van der Waals surface area contributed by atoms with Crippen molar-refractivity contribution in [3.63, 3.8) is 0 Å². The van der Waals surface area contributed by atoms with Crippen LogP contribution in [0.3, 0.4) is 0 Å². The normalized spacial score (nSPS) is 20.9. The van der Waals surface area contributed by atoms with Gasteiger partial charge in [-0.05, 0) is 22.4 Å². The molecule has 30 heavy (non-hydrogen) atoms. The van der Waals surface area contributed by atoms with Gasteiger partial charge >= 0.3 is 12.1 Å². The molecular weight excluding hydrogens is 425 g/mol. The number of amides is 1. The quantitative estimate of drug-likeness (QED) is 0.772. The van der Waals surface area contributed by atoms with E-state index in [9.17, 15) is 18.0 Å². The zero-order chi connectivity index (χ0) is 21.7. The van der Waals surface area contributed by atoms with Crippen molar-refractivity contribution in [1.29, 1.82) is 0 Å². The zero-order valence-corrected chi connectivity index (χ0v) is 16.5. The van der Waals surface area contributed by atoms with Gasteiger partial charge in [-0.15, -0.1) is 0 Å². The molecule has 2 atom stereocenters. The summed E-state index contributed by atoms with van der Waals surface area (Å²) in [5.41, 5.74) is 1.08. The van der Waals surface area contributed by atoms with Gasteiger partial charge in [0, 0.05) is 32.0 Å². The number of nitrogens with zero attached hydrogens (tertiary/aromatic N) is 4. The number of halogens is 3. The lowest BCUT2D eigenvalue weighted by Gasteiger charge is -2.37. The minimum atomic E-state index is -5.08. The van der Waals surface area contributed by atoms with Crippen LogP contribution in [-0.4, -0.2) is 76.4 Å². The smallest absolute Gasteiger partial charge is 0.475 e. The van der Waals surface area contributed by atoms with E-state index in [1.807, 2.05) is 21.7 Å². The van der Waals surface area contributed by atoms with E-state index in [-0.39, 0.29) is 18.1 Å². The summed E-state index contributed by atoms with van der Waals surface area (Å²) in [6.07, 6.45) is 0.588. The van der Waals surface area contributed by atoms with Gasteiger partial charge in [-0.3, -0.25) is 9.78 Å². The van der Waals surface area contributed by atoms with E-state index in [2.05, 4.69) is 14.9 Å². The van der Waals surface area contributed by atoms with Crippen molar-refractivity contribution >= 4 is 29.0 Å². The number of morpholine rings is 1. The summed E-state index contributed by atoms with van der Waals surface area (Å²) < 4.78 is 37.6. The Morgan fingerprint density at radius 3 is 2.67 bits per heavy atom. The third kappa shape index (κ3) is 5.45. The second-order valence-corrected chi connectivity index (χ2v) is 7.42. The fourth-order valence-electron chi connectivity index (χ4n) is 3.30. The van der Waals surface area contributed by atoms with Gasteiger partial charge < -0.3 is 19.6 Å². The van der Waals surface area contributed by atoms with E-state index < -0.39 is 12.1 Å². The lowest BCUT2D eigenvalue weighted by molar-refractivity contribution is -0.192. The fraction of sp³-hybridized carbons (Fsp3) is 0.444. The topological polar surface area (TPSA) is 95.9 Å². The number of thiophene rings is 1. The van der Waals surface area contributed by atoms with Crippen molar-refractivity contribution in [2.45, 2.75) is 24.7 Å². The maximum Gasteiger partial charge on any atom is 0.490 e. The predicted octanol–water partition coefficient (Wildman–Crippen LogP) is 1.83. The van der Waals surface area contributed by atoms with Gasteiger partial charge in [-0.1, -0.05) is 0 Å². The molecule has 0 bridgehead atoms. The van der Waals surface area contributed by atoms with E-state index in [4.69, 9.17) is 14.6 Å². The lowest BCUT2D eigenvalue weighted by atomic mass is 10.1. The summed E-state index contributed by atoms with van der Waals surface area (Å²) in [7, 11) is 0. The number of fused-ring (bicyclic) bond motifs is 1. The lowest BCUT2D eigenvalue weighted by Crippen LogP contribution is -2.51. The highest BCUT2D eigenvalue weighted by atomic mass is 32.1. The Hall–Kier alpha value is -2.73. The first-order valence-corrected chi connectivity index (χ1v) is 9.93. The van der Waals surface area contributed by atoms with Crippen LogP contribution in [0.15, 0.2) is 35.4 Å². The number of aromatic nitrogens is 2. The second kappa shape index (κ2) is 9.39. The van der Waals surface area contributed by atoms with Crippen LogP contribution < -0.4 is 4.90 Å². The number of anilines is 1. The minimum Gasteiger partial charge on any atom is -0.475 e. The molecule has 2 aromatic rings. The van der Waals surface area contributed by atoms with E-state index in [0.29, 0.717) is 26.1 Å². The van der Waals surface area contributed by atoms with Gasteiger partial charge in [0.1, 0.15) is 5.82 Å². The van der Waals surface area contributed by atoms with Crippen molar-refractivity contribution in [2.24, 2.45) is 0 Å². The van der Waals surface area contributed by atoms with Gasteiger partial charge in [-0.2, -0.15) is 24.5 Å². The minimum absolute atomic E-state index is 0.0529. The third-order valence-corrected chi connectivity index (χ3v) is 5.41. The number of carbonyl (C=O) groups excluding carboxylic acids is 1. The van der Waals surface area contributed by atoms with E-state index in [1.54, 1.807) is 29.9 Å². The molecule has 12 heteroatoms. The van der Waals surface area contributed by atoms with Crippen LogP contribution in [0.1, 0.15) is 5.56 Å². The Morgan fingerprint density at radius 1 is 1.30 bits per heavy atom. The van der Waals surface area contributed by atoms with Crippen LogP contribution in [0, 0.1) is 0 Å². The first kappa shape index (κ1) is 22.0. The first-order valence-electron chi connectivity index (χ1n) is 8.99. The standard InChI is InChI=1S/C16H18N4O2S.C2HF3O2/c21-16(7-12-1-6-23-11-12)19-9-13-14(10-19)22-5-4-20(13)15-8-17-2-3-18-15;3-2(4,5)1(6)7/h1-3,6,8,11,13-14H,4-5,7,9-10H2;(H,6,7)/t13-,14+;/m1./s1. The molecular formula is C18H19F3N4O4S. The Bertz CT molecular complexity index is 851. The average Bonchev–Trinajstić information content (AvgIpc) is 3.37. The maximum absolute atomic E-state index is 12.5. The van der Waals surface area contributed by atoms with Crippen LogP contribution in [0.2, 0.25) is 0 Å². The van der Waals surface area contributed by atoms with Gasteiger partial charge in [0.05, 0.1) is 31.4 Å². The monoisotopic (exact) mass is 444 g/mol. The third-order valence-electron chi connectivity index (χ3n) is 4.68. The number of carboxylic acids is 1. The van der Waals surface area contributed by atoms with Crippen LogP contribution >= 0.6 is 11.3 Å². The summed E-state index contributed by atoms with van der Waals surface area (Å²) in [4.78, 5) is 34.1. The van der Waals surface area contributed by atoms with Crippen molar-refractivity contribution in [3.8, 4) is 0 Å². The van der Waals surface area contributed by atoms with E-state index in [0.717, 1.165) is 17.9 Å². The number of ether oxygens (including phenoxy) is 1. The summed E-state index contributed by atoms with van der Waals surface area (Å²) in [6.45, 7) is 2.78. The highest BCUT2D eigenvalue weighted by Gasteiger charge is 2.42. The van der Waals surface area contributed by atoms with Gasteiger partial charge in [0.25, 0.3) is 0 Å². The van der Waals surface area contributed by atoms with Crippen molar-refractivity contribution in [2.75, 3.05) is 31.1 Å². The molecule has 0 aromatic carbocycles. The molecule has 0 radical (unpaired) electrons. The number of hydrogen-bond acceptors (Lipinski definition) is 7. The van der Waals surface area contributed by atoms with Crippen LogP contribution in [0.4, 0.5) is 19.0 Å². The van der Waals surface area contributed by atoms with Gasteiger partial charge in [-0.25, -0.2) is 9.78 Å². The van der Waals surface area contributed by atoms with Gasteiger partial charge in [0.2, 0.25) is 5.91 Å². The number of rotatable bonds is 3. The average molecular weight is 444 g/mol. The molecule has 2 aromatic heterocycles. The highest BCUT2D eigenvalue weighted by molar-refractivity contribution is 7.08. The molecule has 0 spiro atoms. The molecule has 2 aliphatic heterocycles. The summed E-state index contributed by atoms with van der Waals surface area (Å²) in [5.74, 6) is -1.73. The molecule has 0 saturated carbocycles. The SMILES string of the molecule is O=C(Cc1ccsc1)N1C[C@@H]2OCCN(c3cnccn3)[C@@H]2C1.O=C(O)C(F)(F)F. The summed E-state index contributed by atoms with van der Waals surface area (Å²) in [5, 5.41) is 11.2. The Kier molecular flexibility index (Phi) is 6.87. The first-order chi connectivity index (χ1) is 14.3. The molecule has 162 valence electrons. The number of hydrogen-bond donors (Lipinski definition) is 1. The molecule has 1 N–H and O–H groups in total. The van der Waals surface area contributed by atoms with Crippen molar-refractivity contribution in [3.05, 3.63) is 41.0 Å². The highest BCUT2D eigenvalue weighted by Crippen LogP contribution is 2.27. The van der Waals surface area contributed by atoms with Crippen LogP contribution in [-0.2, 0) is 20.7 Å². The Labute approximate surface area is 173 Å². The van der Waals surface area contributed by atoms with E-state index in [1.165, 1.54) is 0 Å². The number of alkyl halides is 3. The number of likely N-dealkylation sites (tertiary alicyclic amines) is 1. The maximum atomic E-state index is 12.5. The number of carboxylic acid groups (broad SMARTS) is 1. The summed E-state index contributed by atoms with van der Waals surface area (Å²) >= 11 is 1.62. The molecule has 0 aliphatic carbocycles. The molecule has 1 amide bonds. The van der Waals surface area contributed by atoms with Crippen molar-refractivity contribution in [1.82, 2.24) is 14.9 Å². The molecule has 4 heterocycles. The van der Waals surface area contributed by atoms with E-state index >= 15 is 0 Å². The summed E-state index contributed by atoms with van der Waals surface area (Å²) in [6, 6.07) is 2.17. The fourth-order valence-corrected chi connectivity index (χ4v) is 3.96. The number of carbonyl (C=O) groups is 2. The number of aliphatic carboxylic acids is 1.